The molecule has 0 saturated heterocycles. The van der Waals surface area contributed by atoms with Gasteiger partial charge in [0.25, 0.3) is 5.91 Å². The van der Waals surface area contributed by atoms with Crippen LogP contribution in [0.5, 0.6) is 11.5 Å². The van der Waals surface area contributed by atoms with Crippen LogP contribution in [0.15, 0.2) is 64.2 Å². The molecule has 1 heterocycles. The minimum Gasteiger partial charge on any atom is -0.507 e. The number of rotatable bonds is 3. The molecule has 0 aliphatic carbocycles. The van der Waals surface area contributed by atoms with Crippen LogP contribution >= 0.6 is 27.3 Å². The second kappa shape index (κ2) is 7.02. The molecule has 1 aromatic heterocycles. The molecule has 4 rings (SSSR count). The molecular formula is C20H13BrN2O3S. The number of hydrogen-bond acceptors (Lipinski definition) is 5. The number of phenolic OH excluding ortho intramolecular Hbond substituents is 1. The third-order valence-corrected chi connectivity index (χ3v) is 5.96. The lowest BCUT2D eigenvalue weighted by Crippen LogP contribution is -2.16. The number of aromatic hydroxyl groups is 2. The summed E-state index contributed by atoms with van der Waals surface area (Å²) in [6.45, 7) is 0. The van der Waals surface area contributed by atoms with Gasteiger partial charge in [-0.1, -0.05) is 52.3 Å². The fourth-order valence-electron chi connectivity index (χ4n) is 2.83. The Balaban J connectivity index is 1.60. The number of nitrogens with zero attached hydrogens (tertiary/aromatic N) is 1. The molecule has 27 heavy (non-hydrogen) atoms. The van der Waals surface area contributed by atoms with Crippen LogP contribution in [0.4, 0.5) is 0 Å². The molecule has 0 unspecified atom stereocenters. The maximum absolute atomic E-state index is 12.3. The van der Waals surface area contributed by atoms with Gasteiger partial charge in [0.2, 0.25) is 0 Å². The van der Waals surface area contributed by atoms with Crippen molar-refractivity contribution < 1.29 is 15.0 Å². The highest BCUT2D eigenvalue weighted by Gasteiger charge is 2.17. The number of nitrogens with one attached hydrogen (secondary N) is 1. The van der Waals surface area contributed by atoms with E-state index >= 15 is 0 Å². The molecule has 0 aliphatic rings. The van der Waals surface area contributed by atoms with Crippen molar-refractivity contribution in [3.05, 3.63) is 69.5 Å². The molecule has 0 saturated carbocycles. The summed E-state index contributed by atoms with van der Waals surface area (Å²) in [5, 5.41) is 26.8. The van der Waals surface area contributed by atoms with Crippen molar-refractivity contribution in [2.45, 2.75) is 0 Å². The second-order valence-corrected chi connectivity index (χ2v) is 7.72. The van der Waals surface area contributed by atoms with E-state index in [4.69, 9.17) is 0 Å². The van der Waals surface area contributed by atoms with Crippen molar-refractivity contribution in [3.8, 4) is 11.5 Å². The predicted molar refractivity (Wildman–Crippen MR) is 112 cm³/mol. The Kier molecular flexibility index (Phi) is 4.55. The fourth-order valence-corrected chi connectivity index (χ4v) is 4.41. The van der Waals surface area contributed by atoms with E-state index in [0.29, 0.717) is 16.3 Å². The molecule has 4 aromatic rings. The van der Waals surface area contributed by atoms with Crippen LogP contribution in [0, 0.1) is 0 Å². The first-order chi connectivity index (χ1) is 13.1. The largest absolute Gasteiger partial charge is 0.507 e. The number of carbonyl (C=O) groups is 1. The minimum atomic E-state index is -0.510. The maximum Gasteiger partial charge on any atom is 0.285 e. The van der Waals surface area contributed by atoms with E-state index in [1.54, 1.807) is 24.3 Å². The SMILES string of the molecule is O=C(NN=Cc1cc(Br)c2ccccc2c1O)c1sc2ccccc2c1O. The van der Waals surface area contributed by atoms with E-state index in [1.807, 2.05) is 30.3 Å². The Bertz CT molecular complexity index is 1220. The third-order valence-electron chi connectivity index (χ3n) is 4.14. The Morgan fingerprint density at radius 1 is 1.00 bits per heavy atom. The van der Waals surface area contributed by atoms with Gasteiger partial charge in [-0.15, -0.1) is 11.3 Å². The van der Waals surface area contributed by atoms with Crippen molar-refractivity contribution >= 4 is 60.2 Å². The Morgan fingerprint density at radius 3 is 2.41 bits per heavy atom. The highest BCUT2D eigenvalue weighted by molar-refractivity contribution is 9.10. The molecule has 0 bridgehead atoms. The molecule has 0 aliphatic heterocycles. The van der Waals surface area contributed by atoms with Crippen molar-refractivity contribution in [1.29, 1.82) is 0 Å². The number of hydrazone groups is 1. The lowest BCUT2D eigenvalue weighted by molar-refractivity contribution is 0.0957. The van der Waals surface area contributed by atoms with Gasteiger partial charge in [0, 0.05) is 25.5 Å². The molecule has 7 heteroatoms. The van der Waals surface area contributed by atoms with Crippen molar-refractivity contribution in [1.82, 2.24) is 5.43 Å². The van der Waals surface area contributed by atoms with Crippen LogP contribution in [0.3, 0.4) is 0 Å². The van der Waals surface area contributed by atoms with E-state index in [0.717, 1.165) is 14.6 Å². The number of amides is 1. The first kappa shape index (κ1) is 17.5. The molecule has 0 atom stereocenters. The van der Waals surface area contributed by atoms with Crippen LogP contribution in [0.1, 0.15) is 15.2 Å². The van der Waals surface area contributed by atoms with Gasteiger partial charge in [-0.05, 0) is 23.6 Å². The Hall–Kier alpha value is -2.90. The number of carbonyl (C=O) groups excluding carboxylic acids is 1. The average Bonchev–Trinajstić information content (AvgIpc) is 3.03. The standard InChI is InChI=1S/C20H13BrN2O3S/c21-15-9-11(17(24)13-6-2-1-5-12(13)15)10-22-23-20(26)19-18(25)14-7-3-4-8-16(14)27-19/h1-10,24-25H,(H,23,26). The second-order valence-electron chi connectivity index (χ2n) is 5.82. The number of halogens is 1. The van der Waals surface area contributed by atoms with Crippen molar-refractivity contribution in [2.75, 3.05) is 0 Å². The molecule has 134 valence electrons. The van der Waals surface area contributed by atoms with Gasteiger partial charge in [-0.3, -0.25) is 4.79 Å². The van der Waals surface area contributed by atoms with Crippen LogP contribution in [-0.2, 0) is 0 Å². The fraction of sp³-hybridized carbons (Fsp3) is 0. The zero-order valence-corrected chi connectivity index (χ0v) is 16.2. The van der Waals surface area contributed by atoms with Crippen LogP contribution in [0.25, 0.3) is 20.9 Å². The predicted octanol–water partition coefficient (Wildman–Crippen LogP) is 4.99. The summed E-state index contributed by atoms with van der Waals surface area (Å²) in [7, 11) is 0. The first-order valence-corrected chi connectivity index (χ1v) is 9.61. The third kappa shape index (κ3) is 3.15. The summed E-state index contributed by atoms with van der Waals surface area (Å²) >= 11 is 4.67. The summed E-state index contributed by atoms with van der Waals surface area (Å²) in [4.78, 5) is 12.5. The molecule has 3 N–H and O–H groups in total. The van der Waals surface area contributed by atoms with E-state index in [2.05, 4.69) is 26.5 Å². The normalized spacial score (nSPS) is 11.4. The maximum atomic E-state index is 12.3. The quantitative estimate of drug-likeness (QED) is 0.310. The smallest absolute Gasteiger partial charge is 0.285 e. The van der Waals surface area contributed by atoms with E-state index in [1.165, 1.54) is 17.6 Å². The summed E-state index contributed by atoms with van der Waals surface area (Å²) in [5.74, 6) is -0.486. The molecule has 0 spiro atoms. The van der Waals surface area contributed by atoms with Crippen molar-refractivity contribution in [2.24, 2.45) is 5.10 Å². The molecule has 3 aromatic carbocycles. The Morgan fingerprint density at radius 2 is 1.67 bits per heavy atom. The zero-order valence-electron chi connectivity index (χ0n) is 13.8. The number of fused-ring (bicyclic) bond motifs is 2. The van der Waals surface area contributed by atoms with Crippen LogP contribution < -0.4 is 5.43 Å². The summed E-state index contributed by atoms with van der Waals surface area (Å²) in [6.07, 6.45) is 1.37. The van der Waals surface area contributed by atoms with Gasteiger partial charge in [-0.2, -0.15) is 5.10 Å². The molecule has 5 nitrogen and oxygen atoms in total. The van der Waals surface area contributed by atoms with Gasteiger partial charge in [0.05, 0.1) is 6.21 Å². The lowest BCUT2D eigenvalue weighted by Gasteiger charge is -2.06. The molecular weight excluding hydrogens is 428 g/mol. The molecule has 0 fully saturated rings. The zero-order chi connectivity index (χ0) is 19.0. The summed E-state index contributed by atoms with van der Waals surface area (Å²) in [5.41, 5.74) is 2.86. The average molecular weight is 441 g/mol. The monoisotopic (exact) mass is 440 g/mol. The molecule has 0 radical (unpaired) electrons. The highest BCUT2D eigenvalue weighted by Crippen LogP contribution is 2.36. The van der Waals surface area contributed by atoms with E-state index in [9.17, 15) is 15.0 Å². The number of phenols is 1. The van der Waals surface area contributed by atoms with Gasteiger partial charge in [0.1, 0.15) is 16.4 Å². The van der Waals surface area contributed by atoms with Gasteiger partial charge in [0.15, 0.2) is 0 Å². The highest BCUT2D eigenvalue weighted by atomic mass is 79.9. The van der Waals surface area contributed by atoms with Crippen LogP contribution in [0.2, 0.25) is 0 Å². The summed E-state index contributed by atoms with van der Waals surface area (Å²) in [6, 6.07) is 16.4. The molecule has 1 amide bonds. The first-order valence-electron chi connectivity index (χ1n) is 8.00. The topological polar surface area (TPSA) is 81.9 Å². The minimum absolute atomic E-state index is 0.0559. The summed E-state index contributed by atoms with van der Waals surface area (Å²) < 4.78 is 1.63. The lowest BCUT2D eigenvalue weighted by atomic mass is 10.1. The van der Waals surface area contributed by atoms with Crippen molar-refractivity contribution in [3.63, 3.8) is 0 Å². The number of hydrogen-bond donors (Lipinski definition) is 3. The van der Waals surface area contributed by atoms with Gasteiger partial charge >= 0.3 is 0 Å². The number of thiophene rings is 1. The van der Waals surface area contributed by atoms with Gasteiger partial charge < -0.3 is 10.2 Å². The van der Waals surface area contributed by atoms with E-state index < -0.39 is 5.91 Å². The Labute approximate surface area is 166 Å². The van der Waals surface area contributed by atoms with Gasteiger partial charge in [-0.25, -0.2) is 5.43 Å². The number of benzene rings is 3. The van der Waals surface area contributed by atoms with Crippen LogP contribution in [-0.4, -0.2) is 22.3 Å². The van der Waals surface area contributed by atoms with E-state index in [-0.39, 0.29) is 16.4 Å².